The lowest BCUT2D eigenvalue weighted by Crippen LogP contribution is -1.94. The van der Waals surface area contributed by atoms with Gasteiger partial charge in [0.25, 0.3) is 0 Å². The molecule has 3 rings (SSSR count). The van der Waals surface area contributed by atoms with Crippen LogP contribution in [0, 0.1) is 0 Å². The predicted octanol–water partition coefficient (Wildman–Crippen LogP) is 3.56. The molecule has 0 unspecified atom stereocenters. The standard InChI is InChI=1S/C15H13NO/c16-9-11-6-7-13-14(10-17-15(13)8-11)12-4-2-1-3-5-12/h1-8,10H,9,16H2. The quantitative estimate of drug-likeness (QED) is 0.721. The Bertz CT molecular complexity index is 640. The van der Waals surface area contributed by atoms with Crippen LogP contribution >= 0.6 is 0 Å². The number of hydrogen-bond donors (Lipinski definition) is 1. The zero-order valence-corrected chi connectivity index (χ0v) is 9.39. The third-order valence-electron chi connectivity index (χ3n) is 2.96. The molecule has 0 aliphatic carbocycles. The third kappa shape index (κ3) is 1.73. The van der Waals surface area contributed by atoms with E-state index in [4.69, 9.17) is 10.2 Å². The first-order valence-electron chi connectivity index (χ1n) is 5.64. The maximum absolute atomic E-state index is 5.62. The molecule has 0 saturated heterocycles. The zero-order chi connectivity index (χ0) is 11.7. The molecule has 2 aromatic carbocycles. The summed E-state index contributed by atoms with van der Waals surface area (Å²) in [4.78, 5) is 0. The SMILES string of the molecule is NCc1ccc2c(-c3ccccc3)coc2c1. The summed E-state index contributed by atoms with van der Waals surface area (Å²) in [6.07, 6.45) is 1.81. The second-order valence-electron chi connectivity index (χ2n) is 4.05. The van der Waals surface area contributed by atoms with Gasteiger partial charge in [-0.05, 0) is 17.2 Å². The molecule has 1 aromatic heterocycles. The molecule has 1 heterocycles. The van der Waals surface area contributed by atoms with Crippen LogP contribution in [0.1, 0.15) is 5.56 Å². The number of rotatable bonds is 2. The van der Waals surface area contributed by atoms with E-state index in [1.807, 2.05) is 30.3 Å². The average Bonchev–Trinajstić information content (AvgIpc) is 2.82. The van der Waals surface area contributed by atoms with Crippen molar-refractivity contribution in [2.45, 2.75) is 6.54 Å². The second kappa shape index (κ2) is 4.07. The van der Waals surface area contributed by atoms with E-state index in [1.165, 1.54) is 5.56 Å². The lowest BCUT2D eigenvalue weighted by atomic mass is 10.0. The first-order valence-corrected chi connectivity index (χ1v) is 5.64. The van der Waals surface area contributed by atoms with Crippen molar-refractivity contribution in [1.82, 2.24) is 0 Å². The van der Waals surface area contributed by atoms with Crippen LogP contribution in [0.3, 0.4) is 0 Å². The highest BCUT2D eigenvalue weighted by Crippen LogP contribution is 2.30. The van der Waals surface area contributed by atoms with Crippen LogP contribution in [0.25, 0.3) is 22.1 Å². The Kier molecular flexibility index (Phi) is 2.42. The highest BCUT2D eigenvalue weighted by atomic mass is 16.3. The Balaban J connectivity index is 2.19. The molecule has 2 nitrogen and oxygen atoms in total. The van der Waals surface area contributed by atoms with Gasteiger partial charge in [0.15, 0.2) is 0 Å². The van der Waals surface area contributed by atoms with Crippen LogP contribution in [0.4, 0.5) is 0 Å². The number of benzene rings is 2. The summed E-state index contributed by atoms with van der Waals surface area (Å²) in [5.41, 5.74) is 9.90. The molecule has 0 aliphatic rings. The first-order chi connectivity index (χ1) is 8.38. The topological polar surface area (TPSA) is 39.2 Å². The van der Waals surface area contributed by atoms with Crippen molar-refractivity contribution in [3.8, 4) is 11.1 Å². The van der Waals surface area contributed by atoms with Gasteiger partial charge in [-0.3, -0.25) is 0 Å². The van der Waals surface area contributed by atoms with Gasteiger partial charge in [-0.15, -0.1) is 0 Å². The minimum atomic E-state index is 0.539. The summed E-state index contributed by atoms with van der Waals surface area (Å²) in [7, 11) is 0. The molecule has 0 spiro atoms. The van der Waals surface area contributed by atoms with Gasteiger partial charge in [0.05, 0.1) is 6.26 Å². The molecule has 2 heteroatoms. The monoisotopic (exact) mass is 223 g/mol. The van der Waals surface area contributed by atoms with Gasteiger partial charge in [-0.25, -0.2) is 0 Å². The number of nitrogens with two attached hydrogens (primary N) is 1. The molecule has 0 saturated carbocycles. The highest BCUT2D eigenvalue weighted by molar-refractivity contribution is 5.94. The second-order valence-corrected chi connectivity index (χ2v) is 4.05. The molecule has 2 N–H and O–H groups in total. The molecular formula is C15H13NO. The van der Waals surface area contributed by atoms with Crippen molar-refractivity contribution in [2.24, 2.45) is 5.73 Å². The fourth-order valence-electron chi connectivity index (χ4n) is 2.04. The highest BCUT2D eigenvalue weighted by Gasteiger charge is 2.07. The van der Waals surface area contributed by atoms with Gasteiger partial charge in [-0.2, -0.15) is 0 Å². The lowest BCUT2D eigenvalue weighted by molar-refractivity contribution is 0.616. The fraction of sp³-hybridized carbons (Fsp3) is 0.0667. The number of furan rings is 1. The Morgan fingerprint density at radius 2 is 1.82 bits per heavy atom. The summed E-state index contributed by atoms with van der Waals surface area (Å²) in [5.74, 6) is 0. The Morgan fingerprint density at radius 3 is 2.59 bits per heavy atom. The normalized spacial score (nSPS) is 10.9. The van der Waals surface area contributed by atoms with Gasteiger partial charge in [0, 0.05) is 17.5 Å². The Labute approximate surface area is 99.7 Å². The van der Waals surface area contributed by atoms with Gasteiger partial charge in [-0.1, -0.05) is 42.5 Å². The molecule has 3 aromatic rings. The van der Waals surface area contributed by atoms with Crippen LogP contribution in [-0.2, 0) is 6.54 Å². The van der Waals surface area contributed by atoms with Crippen LogP contribution in [0.2, 0.25) is 0 Å². The summed E-state index contributed by atoms with van der Waals surface area (Å²) < 4.78 is 5.59. The fourth-order valence-corrected chi connectivity index (χ4v) is 2.04. The lowest BCUT2D eigenvalue weighted by Gasteiger charge is -1.99. The van der Waals surface area contributed by atoms with Gasteiger partial charge >= 0.3 is 0 Å². The zero-order valence-electron chi connectivity index (χ0n) is 9.39. The van der Waals surface area contributed by atoms with Crippen LogP contribution < -0.4 is 5.73 Å². The van der Waals surface area contributed by atoms with E-state index < -0.39 is 0 Å². The molecule has 17 heavy (non-hydrogen) atoms. The molecule has 0 atom stereocenters. The van der Waals surface area contributed by atoms with E-state index in [-0.39, 0.29) is 0 Å². The van der Waals surface area contributed by atoms with E-state index in [2.05, 4.69) is 18.2 Å². The maximum atomic E-state index is 5.62. The van der Waals surface area contributed by atoms with Crippen LogP contribution in [0.5, 0.6) is 0 Å². The minimum Gasteiger partial charge on any atom is -0.464 e. The maximum Gasteiger partial charge on any atom is 0.134 e. The van der Waals surface area contributed by atoms with Crippen LogP contribution in [0.15, 0.2) is 59.2 Å². The minimum absolute atomic E-state index is 0.539. The van der Waals surface area contributed by atoms with Gasteiger partial charge < -0.3 is 10.2 Å². The summed E-state index contributed by atoms with van der Waals surface area (Å²) in [6.45, 7) is 0.539. The smallest absolute Gasteiger partial charge is 0.134 e. The van der Waals surface area contributed by atoms with Crippen molar-refractivity contribution in [2.75, 3.05) is 0 Å². The number of hydrogen-bond acceptors (Lipinski definition) is 2. The molecule has 0 fully saturated rings. The summed E-state index contributed by atoms with van der Waals surface area (Å²) in [5, 5.41) is 1.13. The van der Waals surface area contributed by atoms with Crippen molar-refractivity contribution in [1.29, 1.82) is 0 Å². The Hall–Kier alpha value is -2.06. The largest absolute Gasteiger partial charge is 0.464 e. The molecule has 0 radical (unpaired) electrons. The van der Waals surface area contributed by atoms with E-state index >= 15 is 0 Å². The van der Waals surface area contributed by atoms with Crippen molar-refractivity contribution >= 4 is 11.0 Å². The van der Waals surface area contributed by atoms with E-state index in [0.717, 1.165) is 22.1 Å². The van der Waals surface area contributed by atoms with Crippen molar-refractivity contribution < 1.29 is 4.42 Å². The van der Waals surface area contributed by atoms with Crippen molar-refractivity contribution in [3.63, 3.8) is 0 Å². The molecular weight excluding hydrogens is 210 g/mol. The summed E-state index contributed by atoms with van der Waals surface area (Å²) >= 11 is 0. The predicted molar refractivity (Wildman–Crippen MR) is 69.5 cm³/mol. The van der Waals surface area contributed by atoms with E-state index in [1.54, 1.807) is 6.26 Å². The van der Waals surface area contributed by atoms with Crippen LogP contribution in [-0.4, -0.2) is 0 Å². The van der Waals surface area contributed by atoms with Gasteiger partial charge in [0.2, 0.25) is 0 Å². The molecule has 0 bridgehead atoms. The molecule has 0 aliphatic heterocycles. The first kappa shape index (κ1) is 10.1. The average molecular weight is 223 g/mol. The van der Waals surface area contributed by atoms with Gasteiger partial charge in [0.1, 0.15) is 5.58 Å². The van der Waals surface area contributed by atoms with E-state index in [0.29, 0.717) is 6.54 Å². The third-order valence-corrected chi connectivity index (χ3v) is 2.96. The van der Waals surface area contributed by atoms with Crippen molar-refractivity contribution in [3.05, 3.63) is 60.4 Å². The summed E-state index contributed by atoms with van der Waals surface area (Å²) in [6, 6.07) is 16.4. The number of fused-ring (bicyclic) bond motifs is 1. The Morgan fingerprint density at radius 1 is 1.00 bits per heavy atom. The molecule has 0 amide bonds. The molecule has 84 valence electrons. The van der Waals surface area contributed by atoms with E-state index in [9.17, 15) is 0 Å².